The van der Waals surface area contributed by atoms with Crippen LogP contribution in [-0.4, -0.2) is 29.8 Å². The Balaban J connectivity index is 2.80. The van der Waals surface area contributed by atoms with Crippen LogP contribution in [0.2, 0.25) is 0 Å². The van der Waals surface area contributed by atoms with Crippen molar-refractivity contribution in [3.63, 3.8) is 0 Å². The van der Waals surface area contributed by atoms with Crippen molar-refractivity contribution in [3.05, 3.63) is 40.8 Å². The number of nitrogens with zero attached hydrogens (tertiary/aromatic N) is 2. The Morgan fingerprint density at radius 3 is 2.79 bits per heavy atom. The fraction of sp³-hybridized carbons (Fsp3) is 0.200. The fourth-order valence-electron chi connectivity index (χ4n) is 0.860. The molecule has 0 radical (unpaired) electrons. The standard InChI is InChI=1S/C10H11BrN2O/c1-13(2)4-3-10(14)8-5-9(11)7-12-6-8/h3-7H,1-2H3/b4-3+. The highest BCUT2D eigenvalue weighted by Crippen LogP contribution is 2.10. The maximum Gasteiger partial charge on any atom is 0.188 e. The number of halogens is 1. The number of carbonyl (C=O) groups is 1. The van der Waals surface area contributed by atoms with Gasteiger partial charge in [-0.1, -0.05) is 0 Å². The number of rotatable bonds is 3. The summed E-state index contributed by atoms with van der Waals surface area (Å²) in [5, 5.41) is 0. The lowest BCUT2D eigenvalue weighted by atomic mass is 10.2. The monoisotopic (exact) mass is 254 g/mol. The largest absolute Gasteiger partial charge is 0.383 e. The van der Waals surface area contributed by atoms with E-state index in [-0.39, 0.29) is 5.78 Å². The molecule has 14 heavy (non-hydrogen) atoms. The number of allylic oxidation sites excluding steroid dienone is 1. The van der Waals surface area contributed by atoms with Crippen LogP contribution < -0.4 is 0 Å². The molecule has 0 bridgehead atoms. The lowest BCUT2D eigenvalue weighted by Gasteiger charge is -2.02. The Bertz CT molecular complexity index is 361. The van der Waals surface area contributed by atoms with Crippen molar-refractivity contribution in [2.24, 2.45) is 0 Å². The number of hydrogen-bond acceptors (Lipinski definition) is 3. The first kappa shape index (κ1) is 10.9. The van der Waals surface area contributed by atoms with Crippen LogP contribution in [0, 0.1) is 0 Å². The van der Waals surface area contributed by atoms with Gasteiger partial charge in [-0.3, -0.25) is 9.78 Å². The summed E-state index contributed by atoms with van der Waals surface area (Å²) in [4.78, 5) is 17.3. The van der Waals surface area contributed by atoms with E-state index in [1.165, 1.54) is 6.08 Å². The van der Waals surface area contributed by atoms with Crippen LogP contribution in [0.25, 0.3) is 0 Å². The van der Waals surface area contributed by atoms with Crippen molar-refractivity contribution in [2.45, 2.75) is 0 Å². The van der Waals surface area contributed by atoms with E-state index in [9.17, 15) is 4.79 Å². The molecular formula is C10H11BrN2O. The Kier molecular flexibility index (Phi) is 3.83. The minimum atomic E-state index is -0.0486. The molecule has 0 N–H and O–H groups in total. The zero-order chi connectivity index (χ0) is 10.6. The molecule has 0 spiro atoms. The van der Waals surface area contributed by atoms with E-state index in [4.69, 9.17) is 0 Å². The molecule has 1 rings (SSSR count). The van der Waals surface area contributed by atoms with Crippen LogP contribution in [-0.2, 0) is 0 Å². The van der Waals surface area contributed by atoms with E-state index in [0.29, 0.717) is 5.56 Å². The number of pyridine rings is 1. The van der Waals surface area contributed by atoms with Gasteiger partial charge in [0, 0.05) is 48.8 Å². The van der Waals surface area contributed by atoms with Crippen molar-refractivity contribution >= 4 is 21.7 Å². The van der Waals surface area contributed by atoms with Gasteiger partial charge in [-0.25, -0.2) is 0 Å². The highest BCUT2D eigenvalue weighted by molar-refractivity contribution is 9.10. The number of ketones is 1. The maximum atomic E-state index is 11.5. The molecule has 0 amide bonds. The van der Waals surface area contributed by atoms with Gasteiger partial charge in [0.25, 0.3) is 0 Å². The van der Waals surface area contributed by atoms with Gasteiger partial charge in [-0.15, -0.1) is 0 Å². The second-order valence-electron chi connectivity index (χ2n) is 3.04. The molecule has 0 atom stereocenters. The minimum absolute atomic E-state index is 0.0486. The predicted molar refractivity (Wildman–Crippen MR) is 59.1 cm³/mol. The topological polar surface area (TPSA) is 33.2 Å². The molecule has 0 aliphatic rings. The molecule has 0 fully saturated rings. The first-order valence-electron chi connectivity index (χ1n) is 4.09. The Labute approximate surface area is 91.6 Å². The van der Waals surface area contributed by atoms with Gasteiger partial charge in [0.2, 0.25) is 0 Å². The third-order valence-corrected chi connectivity index (χ3v) is 1.95. The van der Waals surface area contributed by atoms with Crippen molar-refractivity contribution < 1.29 is 4.79 Å². The summed E-state index contributed by atoms with van der Waals surface area (Å²) in [5.74, 6) is -0.0486. The van der Waals surface area contributed by atoms with Crippen molar-refractivity contribution in [2.75, 3.05) is 14.1 Å². The van der Waals surface area contributed by atoms with Crippen LogP contribution in [0.4, 0.5) is 0 Å². The highest BCUT2D eigenvalue weighted by Gasteiger charge is 2.01. The number of hydrogen-bond donors (Lipinski definition) is 0. The molecule has 1 heterocycles. The molecular weight excluding hydrogens is 244 g/mol. The first-order chi connectivity index (χ1) is 6.59. The number of aromatic nitrogens is 1. The van der Waals surface area contributed by atoms with Crippen LogP contribution in [0.1, 0.15) is 10.4 Å². The summed E-state index contributed by atoms with van der Waals surface area (Å²) in [6.07, 6.45) is 6.42. The van der Waals surface area contributed by atoms with Gasteiger partial charge in [0.05, 0.1) is 0 Å². The third-order valence-electron chi connectivity index (χ3n) is 1.51. The summed E-state index contributed by atoms with van der Waals surface area (Å²) >= 11 is 3.26. The molecule has 0 unspecified atom stereocenters. The SMILES string of the molecule is CN(C)/C=C/C(=O)c1cncc(Br)c1. The minimum Gasteiger partial charge on any atom is -0.383 e. The molecule has 0 saturated carbocycles. The average molecular weight is 255 g/mol. The molecule has 4 heteroatoms. The summed E-state index contributed by atoms with van der Waals surface area (Å²) in [6, 6.07) is 1.75. The molecule has 74 valence electrons. The zero-order valence-corrected chi connectivity index (χ0v) is 9.65. The molecule has 1 aromatic rings. The van der Waals surface area contributed by atoms with Crippen molar-refractivity contribution in [1.82, 2.24) is 9.88 Å². The van der Waals surface area contributed by atoms with Crippen LogP contribution >= 0.6 is 15.9 Å². The van der Waals surface area contributed by atoms with Gasteiger partial charge >= 0.3 is 0 Å². The van der Waals surface area contributed by atoms with Gasteiger partial charge in [0.15, 0.2) is 5.78 Å². The molecule has 0 aliphatic carbocycles. The lowest BCUT2D eigenvalue weighted by molar-refractivity contribution is 0.104. The fourth-order valence-corrected chi connectivity index (χ4v) is 1.22. The summed E-state index contributed by atoms with van der Waals surface area (Å²) in [5.41, 5.74) is 0.581. The molecule has 3 nitrogen and oxygen atoms in total. The third kappa shape index (κ3) is 3.30. The van der Waals surface area contributed by atoms with Crippen LogP contribution in [0.3, 0.4) is 0 Å². The van der Waals surface area contributed by atoms with Crippen molar-refractivity contribution in [1.29, 1.82) is 0 Å². The maximum absolute atomic E-state index is 11.5. The Morgan fingerprint density at radius 1 is 1.50 bits per heavy atom. The smallest absolute Gasteiger partial charge is 0.188 e. The lowest BCUT2D eigenvalue weighted by Crippen LogP contribution is -2.03. The van der Waals surface area contributed by atoms with Gasteiger partial charge in [0.1, 0.15) is 0 Å². The summed E-state index contributed by atoms with van der Waals surface area (Å²) in [7, 11) is 3.73. The van der Waals surface area contributed by atoms with E-state index in [1.54, 1.807) is 24.7 Å². The molecule has 0 aliphatic heterocycles. The first-order valence-corrected chi connectivity index (χ1v) is 4.88. The second kappa shape index (κ2) is 4.91. The van der Waals surface area contributed by atoms with E-state index in [1.807, 2.05) is 19.0 Å². The highest BCUT2D eigenvalue weighted by atomic mass is 79.9. The van der Waals surface area contributed by atoms with Crippen LogP contribution in [0.5, 0.6) is 0 Å². The summed E-state index contributed by atoms with van der Waals surface area (Å²) in [6.45, 7) is 0. The van der Waals surface area contributed by atoms with Gasteiger partial charge in [-0.2, -0.15) is 0 Å². The Hall–Kier alpha value is -1.16. The van der Waals surface area contributed by atoms with E-state index >= 15 is 0 Å². The zero-order valence-electron chi connectivity index (χ0n) is 8.07. The van der Waals surface area contributed by atoms with E-state index in [2.05, 4.69) is 20.9 Å². The molecule has 0 aromatic carbocycles. The van der Waals surface area contributed by atoms with Crippen LogP contribution in [0.15, 0.2) is 35.2 Å². The second-order valence-corrected chi connectivity index (χ2v) is 3.95. The quantitative estimate of drug-likeness (QED) is 0.612. The normalized spacial score (nSPS) is 10.5. The number of carbonyl (C=O) groups excluding carboxylic acids is 1. The summed E-state index contributed by atoms with van der Waals surface area (Å²) < 4.78 is 0.807. The Morgan fingerprint density at radius 2 is 2.21 bits per heavy atom. The average Bonchev–Trinajstić information content (AvgIpc) is 2.14. The molecule has 1 aromatic heterocycles. The van der Waals surface area contributed by atoms with Crippen molar-refractivity contribution in [3.8, 4) is 0 Å². The van der Waals surface area contributed by atoms with Gasteiger partial charge < -0.3 is 4.90 Å². The van der Waals surface area contributed by atoms with Gasteiger partial charge in [-0.05, 0) is 22.0 Å². The predicted octanol–water partition coefficient (Wildman–Crippen LogP) is 2.10. The van der Waals surface area contributed by atoms with E-state index < -0.39 is 0 Å². The molecule has 0 saturated heterocycles. The van der Waals surface area contributed by atoms with E-state index in [0.717, 1.165) is 4.47 Å².